The molecule has 1 unspecified atom stereocenters. The van der Waals surface area contributed by atoms with E-state index in [9.17, 15) is 4.79 Å². The Balaban J connectivity index is 1.79. The number of aromatic amines is 1. The number of aromatic nitrogens is 3. The summed E-state index contributed by atoms with van der Waals surface area (Å²) in [5.74, 6) is 0.976. The summed E-state index contributed by atoms with van der Waals surface area (Å²) >= 11 is 0. The normalized spacial score (nSPS) is 20.2. The summed E-state index contributed by atoms with van der Waals surface area (Å²) in [5, 5.41) is 9.65. The number of carbonyl (C=O) groups is 1. The smallest absolute Gasteiger partial charge is 0.245 e. The van der Waals surface area contributed by atoms with E-state index in [0.717, 1.165) is 5.69 Å². The van der Waals surface area contributed by atoms with Crippen LogP contribution in [-0.2, 0) is 4.79 Å². The Morgan fingerprint density at radius 2 is 2.41 bits per heavy atom. The second kappa shape index (κ2) is 4.02. The summed E-state index contributed by atoms with van der Waals surface area (Å²) in [4.78, 5) is 18.3. The van der Waals surface area contributed by atoms with Gasteiger partial charge in [0.15, 0.2) is 0 Å². The lowest BCUT2D eigenvalue weighted by atomic mass is 10.2. The van der Waals surface area contributed by atoms with Crippen LogP contribution in [0.15, 0.2) is 22.9 Å². The van der Waals surface area contributed by atoms with Crippen molar-refractivity contribution in [1.29, 1.82) is 0 Å². The van der Waals surface area contributed by atoms with E-state index in [1.54, 1.807) is 6.20 Å². The maximum atomic E-state index is 11.0. The highest BCUT2D eigenvalue weighted by molar-refractivity contribution is 5.78. The van der Waals surface area contributed by atoms with Gasteiger partial charge in [0.05, 0.1) is 12.2 Å². The van der Waals surface area contributed by atoms with Crippen molar-refractivity contribution in [2.45, 2.75) is 6.04 Å². The molecular formula is C10H11N5O2. The van der Waals surface area contributed by atoms with Gasteiger partial charge in [-0.3, -0.25) is 10.1 Å². The zero-order valence-electron chi connectivity index (χ0n) is 8.93. The molecule has 1 saturated heterocycles. The molecule has 0 radical (unpaired) electrons. The molecule has 1 atom stereocenters. The second-order valence-corrected chi connectivity index (χ2v) is 3.78. The highest BCUT2D eigenvalue weighted by Gasteiger charge is 2.24. The molecule has 1 amide bonds. The van der Waals surface area contributed by atoms with Gasteiger partial charge in [-0.2, -0.15) is 4.98 Å². The number of nitrogens with zero attached hydrogens (tertiary/aromatic N) is 2. The predicted octanol–water partition coefficient (Wildman–Crippen LogP) is -0.175. The number of nitrogens with one attached hydrogen (secondary N) is 3. The lowest BCUT2D eigenvalue weighted by molar-refractivity contribution is -0.121. The largest absolute Gasteiger partial charge is 0.359 e. The standard InChI is InChI=1S/C10H11N5O2/c16-8-5-12-7(4-13-8)10-14-9(15-17-10)6-2-1-3-11-6/h1-3,7,11-12H,4-5H2,(H,13,16). The third-order valence-electron chi connectivity index (χ3n) is 2.59. The average Bonchev–Trinajstić information content (AvgIpc) is 3.00. The van der Waals surface area contributed by atoms with Gasteiger partial charge in [0.25, 0.3) is 0 Å². The molecule has 7 nitrogen and oxygen atoms in total. The fraction of sp³-hybridized carbons (Fsp3) is 0.300. The molecule has 1 aliphatic heterocycles. The fourth-order valence-corrected chi connectivity index (χ4v) is 1.70. The number of hydrogen-bond donors (Lipinski definition) is 3. The van der Waals surface area contributed by atoms with E-state index in [0.29, 0.717) is 18.3 Å². The molecule has 2 aromatic rings. The number of rotatable bonds is 2. The molecule has 17 heavy (non-hydrogen) atoms. The summed E-state index contributed by atoms with van der Waals surface area (Å²) < 4.78 is 5.17. The van der Waals surface area contributed by atoms with Crippen molar-refractivity contribution in [3.05, 3.63) is 24.2 Å². The van der Waals surface area contributed by atoms with Crippen LogP contribution in [0.4, 0.5) is 0 Å². The van der Waals surface area contributed by atoms with Crippen LogP contribution in [0.5, 0.6) is 0 Å². The Kier molecular flexibility index (Phi) is 2.37. The maximum Gasteiger partial charge on any atom is 0.245 e. The van der Waals surface area contributed by atoms with Crippen LogP contribution in [0.3, 0.4) is 0 Å². The highest BCUT2D eigenvalue weighted by atomic mass is 16.5. The van der Waals surface area contributed by atoms with Crippen LogP contribution in [-0.4, -0.2) is 34.1 Å². The summed E-state index contributed by atoms with van der Waals surface area (Å²) in [6.07, 6.45) is 1.80. The van der Waals surface area contributed by atoms with E-state index < -0.39 is 0 Å². The van der Waals surface area contributed by atoms with Gasteiger partial charge >= 0.3 is 0 Å². The average molecular weight is 233 g/mol. The zero-order valence-corrected chi connectivity index (χ0v) is 8.93. The first-order valence-corrected chi connectivity index (χ1v) is 5.30. The van der Waals surface area contributed by atoms with Crippen molar-refractivity contribution in [2.75, 3.05) is 13.1 Å². The van der Waals surface area contributed by atoms with Gasteiger partial charge in [-0.05, 0) is 12.1 Å². The minimum absolute atomic E-state index is 0.0228. The lowest BCUT2D eigenvalue weighted by Crippen LogP contribution is -2.47. The topological polar surface area (TPSA) is 95.8 Å². The minimum atomic E-state index is -0.121. The van der Waals surface area contributed by atoms with Gasteiger partial charge in [-0.15, -0.1) is 0 Å². The molecule has 0 spiro atoms. The quantitative estimate of drug-likeness (QED) is 0.669. The Morgan fingerprint density at radius 3 is 3.12 bits per heavy atom. The third-order valence-corrected chi connectivity index (χ3v) is 2.59. The number of amides is 1. The summed E-state index contributed by atoms with van der Waals surface area (Å²) in [6, 6.07) is 3.61. The molecule has 3 N–H and O–H groups in total. The second-order valence-electron chi connectivity index (χ2n) is 3.78. The minimum Gasteiger partial charge on any atom is -0.359 e. The third kappa shape index (κ3) is 1.92. The van der Waals surface area contributed by atoms with Gasteiger partial charge in [0.2, 0.25) is 17.6 Å². The number of carbonyl (C=O) groups excluding carboxylic acids is 1. The lowest BCUT2D eigenvalue weighted by Gasteiger charge is -2.20. The molecule has 88 valence electrons. The predicted molar refractivity (Wildman–Crippen MR) is 57.8 cm³/mol. The molecule has 7 heteroatoms. The van der Waals surface area contributed by atoms with Crippen LogP contribution in [0.2, 0.25) is 0 Å². The first-order chi connectivity index (χ1) is 8.33. The number of H-pyrrole nitrogens is 1. The highest BCUT2D eigenvalue weighted by Crippen LogP contribution is 2.17. The molecule has 0 saturated carbocycles. The van der Waals surface area contributed by atoms with Crippen LogP contribution in [0.1, 0.15) is 11.9 Å². The summed E-state index contributed by atoms with van der Waals surface area (Å²) in [6.45, 7) is 0.732. The molecule has 3 rings (SSSR count). The molecule has 2 aromatic heterocycles. The summed E-state index contributed by atoms with van der Waals surface area (Å²) in [5.41, 5.74) is 0.805. The molecule has 1 aliphatic rings. The first kappa shape index (κ1) is 10.0. The van der Waals surface area contributed by atoms with E-state index in [-0.39, 0.29) is 18.5 Å². The monoisotopic (exact) mass is 233 g/mol. The zero-order chi connectivity index (χ0) is 11.7. The van der Waals surface area contributed by atoms with E-state index in [1.165, 1.54) is 0 Å². The SMILES string of the molecule is O=C1CNC(c2nc(-c3ccc[nH]3)no2)CN1. The fourth-order valence-electron chi connectivity index (χ4n) is 1.70. The number of hydrogen-bond acceptors (Lipinski definition) is 5. The maximum absolute atomic E-state index is 11.0. The van der Waals surface area contributed by atoms with Crippen molar-refractivity contribution < 1.29 is 9.32 Å². The Hall–Kier alpha value is -2.15. The van der Waals surface area contributed by atoms with E-state index >= 15 is 0 Å². The molecule has 0 bridgehead atoms. The first-order valence-electron chi connectivity index (χ1n) is 5.30. The van der Waals surface area contributed by atoms with E-state index in [2.05, 4.69) is 25.8 Å². The van der Waals surface area contributed by atoms with E-state index in [1.807, 2.05) is 12.1 Å². The van der Waals surface area contributed by atoms with Crippen LogP contribution in [0.25, 0.3) is 11.5 Å². The Labute approximate surface area is 96.6 Å². The van der Waals surface area contributed by atoms with Crippen LogP contribution in [0, 0.1) is 0 Å². The molecule has 0 aromatic carbocycles. The van der Waals surface area contributed by atoms with E-state index in [4.69, 9.17) is 4.52 Å². The van der Waals surface area contributed by atoms with Crippen molar-refractivity contribution in [3.63, 3.8) is 0 Å². The number of piperazine rings is 1. The van der Waals surface area contributed by atoms with Gasteiger partial charge in [0, 0.05) is 12.7 Å². The van der Waals surface area contributed by atoms with Gasteiger partial charge < -0.3 is 14.8 Å². The molecule has 1 fully saturated rings. The van der Waals surface area contributed by atoms with Crippen LogP contribution < -0.4 is 10.6 Å². The molecular weight excluding hydrogens is 222 g/mol. The van der Waals surface area contributed by atoms with Crippen molar-refractivity contribution in [1.82, 2.24) is 25.8 Å². The summed E-state index contributed by atoms with van der Waals surface area (Å²) in [7, 11) is 0. The van der Waals surface area contributed by atoms with Gasteiger partial charge in [0.1, 0.15) is 6.04 Å². The van der Waals surface area contributed by atoms with Gasteiger partial charge in [-0.1, -0.05) is 5.16 Å². The van der Waals surface area contributed by atoms with Crippen molar-refractivity contribution >= 4 is 5.91 Å². The van der Waals surface area contributed by atoms with Crippen molar-refractivity contribution in [3.8, 4) is 11.5 Å². The molecule has 0 aliphatic carbocycles. The van der Waals surface area contributed by atoms with Crippen molar-refractivity contribution in [2.24, 2.45) is 0 Å². The van der Waals surface area contributed by atoms with Crippen LogP contribution >= 0.6 is 0 Å². The molecule has 3 heterocycles. The Bertz CT molecular complexity index is 509. The Morgan fingerprint density at radius 1 is 1.47 bits per heavy atom. The van der Waals surface area contributed by atoms with Gasteiger partial charge in [-0.25, -0.2) is 0 Å².